The highest BCUT2D eigenvalue weighted by molar-refractivity contribution is 5.31. The van der Waals surface area contributed by atoms with Crippen molar-refractivity contribution in [3.8, 4) is 11.5 Å². The van der Waals surface area contributed by atoms with Gasteiger partial charge in [0, 0.05) is 6.54 Å². The zero-order valence-corrected chi connectivity index (χ0v) is 11.8. The van der Waals surface area contributed by atoms with E-state index in [0.717, 1.165) is 25.1 Å². The van der Waals surface area contributed by atoms with E-state index in [1.807, 2.05) is 24.3 Å². The molecule has 1 atom stereocenters. The molecule has 0 saturated heterocycles. The van der Waals surface area contributed by atoms with Crippen LogP contribution in [0.15, 0.2) is 24.3 Å². The van der Waals surface area contributed by atoms with Crippen LogP contribution in [0.5, 0.6) is 11.5 Å². The predicted octanol–water partition coefficient (Wildman–Crippen LogP) is 0.795. The van der Waals surface area contributed by atoms with Crippen molar-refractivity contribution in [2.24, 2.45) is 5.92 Å². The topological polar surface area (TPSA) is 71.0 Å². The van der Waals surface area contributed by atoms with Crippen LogP contribution >= 0.6 is 0 Å². The first-order valence-electron chi connectivity index (χ1n) is 7.01. The second-order valence-electron chi connectivity index (χ2n) is 5.29. The van der Waals surface area contributed by atoms with Crippen molar-refractivity contribution in [3.63, 3.8) is 0 Å². The molecule has 1 fully saturated rings. The number of aliphatic hydroxyl groups excluding tert-OH is 2. The number of hydrogen-bond donors (Lipinski definition) is 3. The van der Waals surface area contributed by atoms with Gasteiger partial charge in [0.05, 0.1) is 13.2 Å². The van der Waals surface area contributed by atoms with Gasteiger partial charge in [0.2, 0.25) is 0 Å². The Labute approximate surface area is 119 Å². The lowest BCUT2D eigenvalue weighted by molar-refractivity contribution is 0.0400. The van der Waals surface area contributed by atoms with Crippen LogP contribution in [0, 0.1) is 5.92 Å². The Hall–Kier alpha value is -1.30. The maximum absolute atomic E-state index is 9.81. The summed E-state index contributed by atoms with van der Waals surface area (Å²) in [5.74, 6) is 2.04. The first-order chi connectivity index (χ1) is 9.67. The van der Waals surface area contributed by atoms with Gasteiger partial charge in [-0.15, -0.1) is 0 Å². The predicted molar refractivity (Wildman–Crippen MR) is 76.1 cm³/mol. The number of hydrogen-bond acceptors (Lipinski definition) is 5. The van der Waals surface area contributed by atoms with Crippen LogP contribution in [-0.2, 0) is 0 Å². The standard InChI is InChI=1S/C15H23NO4/c1-19-14-2-4-15(5-3-14)20-10-13(18)9-16-8-11-6-12(17)7-11/h2-5,11-13,16-18H,6-10H2,1H3. The summed E-state index contributed by atoms with van der Waals surface area (Å²) in [6, 6.07) is 7.27. The molecule has 0 aliphatic heterocycles. The molecule has 3 N–H and O–H groups in total. The van der Waals surface area contributed by atoms with Crippen molar-refractivity contribution in [1.82, 2.24) is 5.32 Å². The highest BCUT2D eigenvalue weighted by Crippen LogP contribution is 2.26. The van der Waals surface area contributed by atoms with E-state index in [-0.39, 0.29) is 12.7 Å². The van der Waals surface area contributed by atoms with Crippen molar-refractivity contribution in [1.29, 1.82) is 0 Å². The van der Waals surface area contributed by atoms with Gasteiger partial charge in [-0.25, -0.2) is 0 Å². The molecule has 20 heavy (non-hydrogen) atoms. The molecule has 1 aromatic rings. The molecule has 1 saturated carbocycles. The van der Waals surface area contributed by atoms with Crippen LogP contribution in [0.3, 0.4) is 0 Å². The quantitative estimate of drug-likeness (QED) is 0.657. The summed E-state index contributed by atoms with van der Waals surface area (Å²) >= 11 is 0. The lowest BCUT2D eigenvalue weighted by Gasteiger charge is -2.31. The van der Waals surface area contributed by atoms with E-state index in [1.54, 1.807) is 7.11 Å². The van der Waals surface area contributed by atoms with Gasteiger partial charge in [-0.3, -0.25) is 0 Å². The summed E-state index contributed by atoms with van der Waals surface area (Å²) in [6.07, 6.45) is 1.07. The molecule has 1 aliphatic carbocycles. The van der Waals surface area contributed by atoms with E-state index in [4.69, 9.17) is 14.6 Å². The summed E-state index contributed by atoms with van der Waals surface area (Å²) < 4.78 is 10.6. The van der Waals surface area contributed by atoms with Crippen LogP contribution < -0.4 is 14.8 Å². The Morgan fingerprint density at radius 1 is 1.25 bits per heavy atom. The van der Waals surface area contributed by atoms with E-state index >= 15 is 0 Å². The number of nitrogens with one attached hydrogen (secondary N) is 1. The average molecular weight is 281 g/mol. The smallest absolute Gasteiger partial charge is 0.119 e. The fourth-order valence-corrected chi connectivity index (χ4v) is 2.24. The van der Waals surface area contributed by atoms with Crippen LogP contribution in [0.2, 0.25) is 0 Å². The Morgan fingerprint density at radius 2 is 1.90 bits per heavy atom. The summed E-state index contributed by atoms with van der Waals surface area (Å²) in [7, 11) is 1.62. The van der Waals surface area contributed by atoms with Crippen molar-refractivity contribution in [2.75, 3.05) is 26.8 Å². The second-order valence-corrected chi connectivity index (χ2v) is 5.29. The largest absolute Gasteiger partial charge is 0.497 e. The molecule has 5 nitrogen and oxygen atoms in total. The van der Waals surface area contributed by atoms with Crippen molar-refractivity contribution in [2.45, 2.75) is 25.0 Å². The van der Waals surface area contributed by atoms with Gasteiger partial charge in [0.1, 0.15) is 24.2 Å². The third kappa shape index (κ3) is 4.67. The molecule has 0 heterocycles. The van der Waals surface area contributed by atoms with Gasteiger partial charge < -0.3 is 25.0 Å². The van der Waals surface area contributed by atoms with Gasteiger partial charge in [-0.1, -0.05) is 0 Å². The summed E-state index contributed by atoms with van der Waals surface area (Å²) in [6.45, 7) is 1.60. The molecule has 0 bridgehead atoms. The fourth-order valence-electron chi connectivity index (χ4n) is 2.24. The molecule has 0 spiro atoms. The number of aliphatic hydroxyl groups is 2. The van der Waals surface area contributed by atoms with Crippen LogP contribution in [0.25, 0.3) is 0 Å². The first-order valence-corrected chi connectivity index (χ1v) is 7.01. The average Bonchev–Trinajstić information content (AvgIpc) is 2.43. The zero-order chi connectivity index (χ0) is 14.4. The molecule has 1 aliphatic rings. The zero-order valence-electron chi connectivity index (χ0n) is 11.8. The Balaban J connectivity index is 1.58. The summed E-state index contributed by atoms with van der Waals surface area (Å²) in [5, 5.41) is 22.2. The molecule has 0 aromatic heterocycles. The third-order valence-corrected chi connectivity index (χ3v) is 3.53. The highest BCUT2D eigenvalue weighted by Gasteiger charge is 2.26. The number of ether oxygens (including phenoxy) is 2. The van der Waals surface area contributed by atoms with Crippen LogP contribution in [0.1, 0.15) is 12.8 Å². The van der Waals surface area contributed by atoms with Gasteiger partial charge in [-0.05, 0) is 49.6 Å². The summed E-state index contributed by atoms with van der Waals surface area (Å²) in [5.41, 5.74) is 0. The minimum atomic E-state index is -0.540. The Kier molecular flexibility index (Phi) is 5.64. The molecule has 0 amide bonds. The van der Waals surface area contributed by atoms with Gasteiger partial charge >= 0.3 is 0 Å². The molecule has 5 heteroatoms. The van der Waals surface area contributed by atoms with Gasteiger partial charge in [-0.2, -0.15) is 0 Å². The molecule has 112 valence electrons. The normalized spacial score (nSPS) is 22.9. The molecule has 0 radical (unpaired) electrons. The minimum Gasteiger partial charge on any atom is -0.497 e. The van der Waals surface area contributed by atoms with Crippen molar-refractivity contribution < 1.29 is 19.7 Å². The van der Waals surface area contributed by atoms with E-state index < -0.39 is 6.10 Å². The fraction of sp³-hybridized carbons (Fsp3) is 0.600. The van der Waals surface area contributed by atoms with Gasteiger partial charge in [0.15, 0.2) is 0 Å². The lowest BCUT2D eigenvalue weighted by Crippen LogP contribution is -2.39. The van der Waals surface area contributed by atoms with E-state index in [2.05, 4.69) is 5.32 Å². The molecule has 2 rings (SSSR count). The Bertz CT molecular complexity index is 389. The summed E-state index contributed by atoms with van der Waals surface area (Å²) in [4.78, 5) is 0. The number of rotatable bonds is 8. The molecular formula is C15H23NO4. The maximum atomic E-state index is 9.81. The second kappa shape index (κ2) is 7.47. The van der Waals surface area contributed by atoms with Crippen LogP contribution in [0.4, 0.5) is 0 Å². The minimum absolute atomic E-state index is 0.120. The maximum Gasteiger partial charge on any atom is 0.119 e. The number of benzene rings is 1. The molecular weight excluding hydrogens is 258 g/mol. The van der Waals surface area contributed by atoms with E-state index in [0.29, 0.717) is 18.2 Å². The van der Waals surface area contributed by atoms with Crippen LogP contribution in [-0.4, -0.2) is 49.2 Å². The van der Waals surface area contributed by atoms with Crippen molar-refractivity contribution >= 4 is 0 Å². The third-order valence-electron chi connectivity index (χ3n) is 3.53. The Morgan fingerprint density at radius 3 is 2.50 bits per heavy atom. The highest BCUT2D eigenvalue weighted by atomic mass is 16.5. The molecule has 1 aromatic carbocycles. The van der Waals surface area contributed by atoms with Crippen molar-refractivity contribution in [3.05, 3.63) is 24.3 Å². The lowest BCUT2D eigenvalue weighted by atomic mass is 9.82. The first kappa shape index (κ1) is 15.1. The van der Waals surface area contributed by atoms with E-state index in [1.165, 1.54) is 0 Å². The monoisotopic (exact) mass is 281 g/mol. The van der Waals surface area contributed by atoms with E-state index in [9.17, 15) is 5.11 Å². The number of methoxy groups -OCH3 is 1. The SMILES string of the molecule is COc1ccc(OCC(O)CNCC2CC(O)C2)cc1. The van der Waals surface area contributed by atoms with Gasteiger partial charge in [0.25, 0.3) is 0 Å². The molecule has 1 unspecified atom stereocenters.